The molecule has 0 aliphatic heterocycles. The van der Waals surface area contributed by atoms with Crippen molar-refractivity contribution in [1.29, 1.82) is 0 Å². The molecular formula is C6H5N5O4. The fourth-order valence-electron chi connectivity index (χ4n) is 1.05. The zero-order valence-corrected chi connectivity index (χ0v) is 7.14. The van der Waals surface area contributed by atoms with Gasteiger partial charge in [0.05, 0.1) is 0 Å². The van der Waals surface area contributed by atoms with E-state index in [-0.39, 0.29) is 11.5 Å². The van der Waals surface area contributed by atoms with Crippen molar-refractivity contribution >= 4 is 5.97 Å². The number of hydrogen-bond donors (Lipinski definition) is 4. The second-order valence-corrected chi connectivity index (χ2v) is 2.64. The number of nitrogens with one attached hydrogen (secondary N) is 3. The SMILES string of the molecule is O=C(O)c1cc(-n2c(=O)[nH][nH]c2=O)n[nH]1. The minimum absolute atomic E-state index is 0.0834. The molecule has 15 heavy (non-hydrogen) atoms. The van der Waals surface area contributed by atoms with Crippen LogP contribution in [0, 0.1) is 0 Å². The molecule has 9 heteroatoms. The fraction of sp³-hybridized carbons (Fsp3) is 0. The second-order valence-electron chi connectivity index (χ2n) is 2.64. The number of carbonyl (C=O) groups is 1. The summed E-state index contributed by atoms with van der Waals surface area (Å²) in [5.41, 5.74) is -1.65. The van der Waals surface area contributed by atoms with Gasteiger partial charge in [0, 0.05) is 6.07 Å². The molecule has 0 bridgehead atoms. The summed E-state index contributed by atoms with van der Waals surface area (Å²) in [6, 6.07) is 1.08. The third-order valence-corrected chi connectivity index (χ3v) is 1.71. The van der Waals surface area contributed by atoms with Crippen molar-refractivity contribution in [2.24, 2.45) is 0 Å². The van der Waals surface area contributed by atoms with E-state index in [9.17, 15) is 14.4 Å². The predicted octanol–water partition coefficient (Wildman–Crippen LogP) is -1.72. The predicted molar refractivity (Wildman–Crippen MR) is 46.1 cm³/mol. The summed E-state index contributed by atoms with van der Waals surface area (Å²) in [6.45, 7) is 0. The highest BCUT2D eigenvalue weighted by Gasteiger charge is 2.12. The average molecular weight is 211 g/mol. The molecule has 0 saturated carbocycles. The highest BCUT2D eigenvalue weighted by molar-refractivity contribution is 5.85. The third kappa shape index (κ3) is 1.35. The van der Waals surface area contributed by atoms with E-state index in [1.807, 2.05) is 10.2 Å². The Morgan fingerprint density at radius 1 is 1.33 bits per heavy atom. The molecule has 2 rings (SSSR count). The summed E-state index contributed by atoms with van der Waals surface area (Å²) in [6.07, 6.45) is 0. The van der Waals surface area contributed by atoms with Crippen molar-refractivity contribution < 1.29 is 9.90 Å². The minimum Gasteiger partial charge on any atom is -0.477 e. The van der Waals surface area contributed by atoms with Crippen LogP contribution in [0.15, 0.2) is 15.7 Å². The van der Waals surface area contributed by atoms with Crippen LogP contribution in [0.4, 0.5) is 0 Å². The molecule has 0 radical (unpaired) electrons. The van der Waals surface area contributed by atoms with Crippen molar-refractivity contribution in [2.45, 2.75) is 0 Å². The summed E-state index contributed by atoms with van der Waals surface area (Å²) < 4.78 is 0.670. The largest absolute Gasteiger partial charge is 0.477 e. The van der Waals surface area contributed by atoms with Crippen LogP contribution in [-0.2, 0) is 0 Å². The van der Waals surface area contributed by atoms with Gasteiger partial charge in [0.25, 0.3) is 0 Å². The van der Waals surface area contributed by atoms with Crippen LogP contribution >= 0.6 is 0 Å². The lowest BCUT2D eigenvalue weighted by Gasteiger charge is -1.87. The molecule has 0 fully saturated rings. The molecule has 0 aromatic carbocycles. The number of aromatic carboxylic acids is 1. The Labute approximate surface area is 80.4 Å². The molecule has 0 aliphatic carbocycles. The van der Waals surface area contributed by atoms with Gasteiger partial charge in [-0.1, -0.05) is 0 Å². The molecule has 0 unspecified atom stereocenters. The standard InChI is InChI=1S/C6H5N5O4/c12-4(13)2-1-3(8-7-2)11-5(14)9-10-6(11)15/h1H,(H,7,8)(H,9,14)(H,10,15)(H,12,13). The maximum atomic E-state index is 11.1. The average Bonchev–Trinajstić information content (AvgIpc) is 2.73. The van der Waals surface area contributed by atoms with E-state index in [0.717, 1.165) is 6.07 Å². The van der Waals surface area contributed by atoms with Gasteiger partial charge in [0.1, 0.15) is 5.69 Å². The van der Waals surface area contributed by atoms with Crippen molar-refractivity contribution in [3.63, 3.8) is 0 Å². The van der Waals surface area contributed by atoms with Crippen LogP contribution < -0.4 is 11.4 Å². The molecular weight excluding hydrogens is 206 g/mol. The van der Waals surface area contributed by atoms with Crippen LogP contribution in [0.25, 0.3) is 5.82 Å². The van der Waals surface area contributed by atoms with E-state index in [1.54, 1.807) is 0 Å². The van der Waals surface area contributed by atoms with Crippen LogP contribution in [0.2, 0.25) is 0 Å². The summed E-state index contributed by atoms with van der Waals surface area (Å²) in [7, 11) is 0. The molecule has 0 atom stereocenters. The summed E-state index contributed by atoms with van der Waals surface area (Å²) >= 11 is 0. The topological polar surface area (TPSA) is 137 Å². The molecule has 2 aromatic heterocycles. The Balaban J connectivity index is 2.60. The monoisotopic (exact) mass is 211 g/mol. The Bertz CT molecular complexity index is 586. The first kappa shape index (κ1) is 8.99. The number of H-pyrrole nitrogens is 3. The smallest absolute Gasteiger partial charge is 0.353 e. The molecule has 2 aromatic rings. The van der Waals surface area contributed by atoms with Gasteiger partial charge in [-0.05, 0) is 0 Å². The number of rotatable bonds is 2. The lowest BCUT2D eigenvalue weighted by molar-refractivity contribution is 0.0690. The van der Waals surface area contributed by atoms with E-state index in [4.69, 9.17) is 5.11 Å². The van der Waals surface area contributed by atoms with Gasteiger partial charge >= 0.3 is 17.3 Å². The normalized spacial score (nSPS) is 10.4. The molecule has 4 N–H and O–H groups in total. The molecule has 0 saturated heterocycles. The molecule has 2 heterocycles. The first-order valence-electron chi connectivity index (χ1n) is 3.78. The summed E-state index contributed by atoms with van der Waals surface area (Å²) in [5.74, 6) is -1.31. The molecule has 78 valence electrons. The van der Waals surface area contributed by atoms with E-state index >= 15 is 0 Å². The van der Waals surface area contributed by atoms with Crippen LogP contribution in [-0.4, -0.2) is 36.0 Å². The number of carboxylic acids is 1. The van der Waals surface area contributed by atoms with E-state index in [0.29, 0.717) is 4.57 Å². The first-order valence-corrected chi connectivity index (χ1v) is 3.78. The number of aromatic nitrogens is 5. The maximum Gasteiger partial charge on any atom is 0.353 e. The van der Waals surface area contributed by atoms with Gasteiger partial charge in [0.15, 0.2) is 5.82 Å². The van der Waals surface area contributed by atoms with E-state index < -0.39 is 17.3 Å². The fourth-order valence-corrected chi connectivity index (χ4v) is 1.05. The molecule has 0 spiro atoms. The van der Waals surface area contributed by atoms with E-state index in [1.165, 1.54) is 0 Å². The van der Waals surface area contributed by atoms with Gasteiger partial charge in [-0.2, -0.15) is 9.67 Å². The number of aromatic amines is 3. The lowest BCUT2D eigenvalue weighted by atomic mass is 10.4. The zero-order valence-electron chi connectivity index (χ0n) is 7.14. The van der Waals surface area contributed by atoms with Crippen LogP contribution in [0.1, 0.15) is 10.5 Å². The third-order valence-electron chi connectivity index (χ3n) is 1.71. The number of nitrogens with zero attached hydrogens (tertiary/aromatic N) is 2. The Morgan fingerprint density at radius 3 is 2.40 bits per heavy atom. The maximum absolute atomic E-state index is 11.1. The second kappa shape index (κ2) is 2.97. The van der Waals surface area contributed by atoms with Gasteiger partial charge in [-0.25, -0.2) is 24.6 Å². The highest BCUT2D eigenvalue weighted by Crippen LogP contribution is 2.00. The number of hydrogen-bond acceptors (Lipinski definition) is 4. The Hall–Kier alpha value is -2.58. The summed E-state index contributed by atoms with van der Waals surface area (Å²) in [4.78, 5) is 32.7. The molecule has 9 nitrogen and oxygen atoms in total. The Kier molecular flexibility index (Phi) is 1.78. The highest BCUT2D eigenvalue weighted by atomic mass is 16.4. The van der Waals surface area contributed by atoms with Gasteiger partial charge < -0.3 is 5.11 Å². The summed E-state index contributed by atoms with van der Waals surface area (Å²) in [5, 5.41) is 18.4. The van der Waals surface area contributed by atoms with Crippen LogP contribution in [0.3, 0.4) is 0 Å². The lowest BCUT2D eigenvalue weighted by Crippen LogP contribution is -2.24. The van der Waals surface area contributed by atoms with Crippen LogP contribution in [0.5, 0.6) is 0 Å². The molecule has 0 amide bonds. The van der Waals surface area contributed by atoms with Crippen molar-refractivity contribution in [3.8, 4) is 5.82 Å². The van der Waals surface area contributed by atoms with Crippen molar-refractivity contribution in [3.05, 3.63) is 32.7 Å². The van der Waals surface area contributed by atoms with Crippen molar-refractivity contribution in [2.75, 3.05) is 0 Å². The first-order chi connectivity index (χ1) is 7.09. The molecule has 0 aliphatic rings. The number of carboxylic acid groups (broad SMARTS) is 1. The van der Waals surface area contributed by atoms with Gasteiger partial charge in [-0.15, -0.1) is 0 Å². The minimum atomic E-state index is -1.23. The quantitative estimate of drug-likeness (QED) is 0.468. The van der Waals surface area contributed by atoms with Gasteiger partial charge in [0.2, 0.25) is 0 Å². The van der Waals surface area contributed by atoms with E-state index in [2.05, 4.69) is 10.2 Å². The Morgan fingerprint density at radius 2 is 1.93 bits per heavy atom. The van der Waals surface area contributed by atoms with Gasteiger partial charge in [-0.3, -0.25) is 5.10 Å². The zero-order chi connectivity index (χ0) is 11.0. The van der Waals surface area contributed by atoms with Crippen molar-refractivity contribution in [1.82, 2.24) is 25.0 Å².